The molecule has 1 aromatic rings. The Bertz CT molecular complexity index is 613. The van der Waals surface area contributed by atoms with Gasteiger partial charge in [-0.15, -0.1) is 0 Å². The molecule has 1 saturated heterocycles. The molecule has 2 heterocycles. The number of carbonyl (C=O) groups is 1. The van der Waals surface area contributed by atoms with E-state index in [4.69, 9.17) is 0 Å². The molecule has 2 aliphatic carbocycles. The van der Waals surface area contributed by atoms with Crippen molar-refractivity contribution in [1.29, 1.82) is 0 Å². The second-order valence-electron chi connectivity index (χ2n) is 8.60. The zero-order chi connectivity index (χ0) is 18.0. The summed E-state index contributed by atoms with van der Waals surface area (Å²) in [6, 6.07) is 0. The van der Waals surface area contributed by atoms with E-state index in [1.54, 1.807) is 12.4 Å². The summed E-state index contributed by atoms with van der Waals surface area (Å²) in [6.45, 7) is 3.22. The van der Waals surface area contributed by atoms with Crippen LogP contribution in [0.4, 0.5) is 0 Å². The van der Waals surface area contributed by atoms with Gasteiger partial charge in [0.2, 0.25) is 0 Å². The molecule has 1 amide bonds. The number of hydrogen-bond acceptors (Lipinski definition) is 4. The zero-order valence-electron chi connectivity index (χ0n) is 16.1. The number of rotatable bonds is 5. The van der Waals surface area contributed by atoms with Crippen molar-refractivity contribution in [3.05, 3.63) is 23.8 Å². The predicted octanol–water partition coefficient (Wildman–Crippen LogP) is 3.61. The number of piperidine rings is 1. The first-order valence-electron chi connectivity index (χ1n) is 10.5. The minimum Gasteiger partial charge on any atom is -0.340 e. The normalized spacial score (nSPS) is 23.6. The Morgan fingerprint density at radius 2 is 1.69 bits per heavy atom. The van der Waals surface area contributed by atoms with E-state index in [-0.39, 0.29) is 11.4 Å². The Morgan fingerprint density at radius 1 is 1.08 bits per heavy atom. The van der Waals surface area contributed by atoms with Crippen LogP contribution in [0, 0.1) is 0 Å². The summed E-state index contributed by atoms with van der Waals surface area (Å²) in [5.74, 6) is 1.50. The Hall–Kier alpha value is -1.49. The van der Waals surface area contributed by atoms with Crippen LogP contribution in [0.3, 0.4) is 0 Å². The van der Waals surface area contributed by atoms with Crippen LogP contribution in [-0.4, -0.2) is 57.9 Å². The molecule has 0 N–H and O–H groups in total. The van der Waals surface area contributed by atoms with E-state index in [1.165, 1.54) is 77.3 Å². The van der Waals surface area contributed by atoms with Crippen LogP contribution in [0.2, 0.25) is 0 Å². The van der Waals surface area contributed by atoms with Crippen molar-refractivity contribution in [2.75, 3.05) is 26.7 Å². The summed E-state index contributed by atoms with van der Waals surface area (Å²) >= 11 is 0. The molecule has 26 heavy (non-hydrogen) atoms. The summed E-state index contributed by atoms with van der Waals surface area (Å²) in [7, 11) is 1.96. The molecule has 0 unspecified atom stereocenters. The highest BCUT2D eigenvalue weighted by atomic mass is 16.2. The Balaban J connectivity index is 1.46. The summed E-state index contributed by atoms with van der Waals surface area (Å²) in [4.78, 5) is 26.5. The SMILES string of the molecule is CN(CC1(N2CCCCC2)CCCCC1)C(=O)c1cnc(C2CC2)nc1. The maximum atomic E-state index is 13.0. The van der Waals surface area contributed by atoms with Gasteiger partial charge in [-0.1, -0.05) is 25.7 Å². The lowest BCUT2D eigenvalue weighted by Crippen LogP contribution is -2.58. The summed E-state index contributed by atoms with van der Waals surface area (Å²) in [5, 5.41) is 0. The van der Waals surface area contributed by atoms with Crippen LogP contribution in [0.5, 0.6) is 0 Å². The molecule has 3 aliphatic rings. The van der Waals surface area contributed by atoms with Crippen LogP contribution in [0.1, 0.15) is 86.3 Å². The van der Waals surface area contributed by atoms with Crippen LogP contribution in [0.15, 0.2) is 12.4 Å². The fourth-order valence-corrected chi connectivity index (χ4v) is 4.89. The molecule has 4 rings (SSSR count). The van der Waals surface area contributed by atoms with Crippen LogP contribution in [-0.2, 0) is 0 Å². The number of nitrogens with zero attached hydrogens (tertiary/aromatic N) is 4. The third kappa shape index (κ3) is 3.78. The van der Waals surface area contributed by atoms with Crippen molar-refractivity contribution < 1.29 is 4.79 Å². The highest BCUT2D eigenvalue weighted by Gasteiger charge is 2.40. The Morgan fingerprint density at radius 3 is 2.31 bits per heavy atom. The molecular formula is C21H32N4O. The number of aromatic nitrogens is 2. The summed E-state index contributed by atoms with van der Waals surface area (Å²) in [5.41, 5.74) is 0.805. The average molecular weight is 357 g/mol. The Kier molecular flexibility index (Phi) is 5.25. The molecular weight excluding hydrogens is 324 g/mol. The van der Waals surface area contributed by atoms with Gasteiger partial charge in [0.1, 0.15) is 5.82 Å². The van der Waals surface area contributed by atoms with Gasteiger partial charge in [0.15, 0.2) is 0 Å². The molecule has 1 aliphatic heterocycles. The minimum atomic E-state index is 0.0642. The van der Waals surface area contributed by atoms with Crippen molar-refractivity contribution in [1.82, 2.24) is 19.8 Å². The fraction of sp³-hybridized carbons (Fsp3) is 0.762. The van der Waals surface area contributed by atoms with Crippen molar-refractivity contribution in [3.63, 3.8) is 0 Å². The van der Waals surface area contributed by atoms with Crippen LogP contribution < -0.4 is 0 Å². The van der Waals surface area contributed by atoms with E-state index < -0.39 is 0 Å². The Labute approximate surface area is 157 Å². The molecule has 5 nitrogen and oxygen atoms in total. The molecule has 1 aromatic heterocycles. The highest BCUT2D eigenvalue weighted by molar-refractivity contribution is 5.93. The van der Waals surface area contributed by atoms with Gasteiger partial charge >= 0.3 is 0 Å². The van der Waals surface area contributed by atoms with Gasteiger partial charge in [0, 0.05) is 37.4 Å². The molecule has 2 saturated carbocycles. The minimum absolute atomic E-state index is 0.0642. The third-order valence-corrected chi connectivity index (χ3v) is 6.55. The van der Waals surface area contributed by atoms with Gasteiger partial charge in [-0.3, -0.25) is 9.69 Å². The second-order valence-corrected chi connectivity index (χ2v) is 8.60. The maximum absolute atomic E-state index is 13.0. The first-order chi connectivity index (χ1) is 12.7. The van der Waals surface area contributed by atoms with E-state index >= 15 is 0 Å². The van der Waals surface area contributed by atoms with Gasteiger partial charge in [0.25, 0.3) is 5.91 Å². The molecule has 0 bridgehead atoms. The van der Waals surface area contributed by atoms with Gasteiger partial charge in [0.05, 0.1) is 5.56 Å². The van der Waals surface area contributed by atoms with E-state index in [1.807, 2.05) is 11.9 Å². The first-order valence-corrected chi connectivity index (χ1v) is 10.5. The molecule has 0 radical (unpaired) electrons. The number of likely N-dealkylation sites (tertiary alicyclic amines) is 1. The van der Waals surface area contributed by atoms with E-state index in [0.717, 1.165) is 12.4 Å². The summed E-state index contributed by atoms with van der Waals surface area (Å²) in [6.07, 6.45) is 16.2. The molecule has 0 atom stereocenters. The van der Waals surface area contributed by atoms with Gasteiger partial charge in [-0.05, 0) is 51.6 Å². The van der Waals surface area contributed by atoms with E-state index in [2.05, 4.69) is 14.9 Å². The molecule has 142 valence electrons. The van der Waals surface area contributed by atoms with Crippen LogP contribution in [0.25, 0.3) is 0 Å². The quantitative estimate of drug-likeness (QED) is 0.808. The lowest BCUT2D eigenvalue weighted by molar-refractivity contribution is 0.00987. The van der Waals surface area contributed by atoms with Gasteiger partial charge in [-0.25, -0.2) is 9.97 Å². The summed E-state index contributed by atoms with van der Waals surface area (Å²) < 4.78 is 0. The lowest BCUT2D eigenvalue weighted by atomic mass is 9.78. The van der Waals surface area contributed by atoms with E-state index in [0.29, 0.717) is 11.5 Å². The van der Waals surface area contributed by atoms with Crippen molar-refractivity contribution >= 4 is 5.91 Å². The van der Waals surface area contributed by atoms with Gasteiger partial charge in [-0.2, -0.15) is 0 Å². The molecule has 0 spiro atoms. The standard InChI is InChI=1S/C21H32N4O/c1-24(20(26)18-14-22-19(23-15-18)17-8-9-17)16-21(10-4-2-5-11-21)25-12-6-3-7-13-25/h14-15,17H,2-13,16H2,1H3. The van der Waals surface area contributed by atoms with Crippen molar-refractivity contribution in [2.45, 2.75) is 75.7 Å². The van der Waals surface area contributed by atoms with Gasteiger partial charge < -0.3 is 4.90 Å². The first kappa shape index (κ1) is 17.9. The molecule has 3 fully saturated rings. The van der Waals surface area contributed by atoms with Crippen molar-refractivity contribution in [2.24, 2.45) is 0 Å². The topological polar surface area (TPSA) is 49.3 Å². The monoisotopic (exact) mass is 356 g/mol. The second kappa shape index (κ2) is 7.63. The smallest absolute Gasteiger partial charge is 0.256 e. The third-order valence-electron chi connectivity index (χ3n) is 6.55. The molecule has 0 aromatic carbocycles. The highest BCUT2D eigenvalue weighted by Crippen LogP contribution is 2.38. The lowest BCUT2D eigenvalue weighted by Gasteiger charge is -2.49. The maximum Gasteiger partial charge on any atom is 0.256 e. The largest absolute Gasteiger partial charge is 0.340 e. The average Bonchev–Trinajstić information content (AvgIpc) is 3.54. The predicted molar refractivity (Wildman–Crippen MR) is 102 cm³/mol. The number of likely N-dealkylation sites (N-methyl/N-ethyl adjacent to an activating group) is 1. The number of hydrogen-bond donors (Lipinski definition) is 0. The van der Waals surface area contributed by atoms with E-state index in [9.17, 15) is 4.79 Å². The zero-order valence-corrected chi connectivity index (χ0v) is 16.1. The van der Waals surface area contributed by atoms with Crippen LogP contribution >= 0.6 is 0 Å². The number of carbonyl (C=O) groups excluding carboxylic acids is 1. The molecule has 5 heteroatoms. The fourth-order valence-electron chi connectivity index (χ4n) is 4.89. The van der Waals surface area contributed by atoms with Crippen molar-refractivity contribution in [3.8, 4) is 0 Å². The number of amides is 1.